The number of hydrogen-bond acceptors (Lipinski definition) is 7. The van der Waals surface area contributed by atoms with Gasteiger partial charge in [-0.15, -0.1) is 17.9 Å². The van der Waals surface area contributed by atoms with E-state index in [0.29, 0.717) is 37.8 Å². The number of thiazole rings is 1. The van der Waals surface area contributed by atoms with Crippen molar-refractivity contribution < 1.29 is 4.79 Å². The van der Waals surface area contributed by atoms with Gasteiger partial charge in [0, 0.05) is 47.0 Å². The minimum Gasteiger partial charge on any atom is -0.326 e. The van der Waals surface area contributed by atoms with Crippen molar-refractivity contribution in [3.63, 3.8) is 0 Å². The molecule has 1 amide bonds. The van der Waals surface area contributed by atoms with Gasteiger partial charge in [0.2, 0.25) is 5.91 Å². The second-order valence-corrected chi connectivity index (χ2v) is 10.1. The Morgan fingerprint density at radius 3 is 2.79 bits per heavy atom. The minimum atomic E-state index is -0.194. The Balaban J connectivity index is 1.73. The van der Waals surface area contributed by atoms with E-state index < -0.39 is 0 Å². The monoisotopic (exact) mass is 526 g/mol. The van der Waals surface area contributed by atoms with Crippen LogP contribution in [-0.2, 0) is 11.3 Å². The van der Waals surface area contributed by atoms with E-state index in [-0.39, 0.29) is 5.91 Å². The molecule has 0 saturated heterocycles. The van der Waals surface area contributed by atoms with Gasteiger partial charge >= 0.3 is 0 Å². The average molecular weight is 527 g/mol. The Bertz CT molecular complexity index is 1550. The Labute approximate surface area is 212 Å². The van der Waals surface area contributed by atoms with Crippen LogP contribution in [0.3, 0.4) is 0 Å². The molecule has 7 nitrogen and oxygen atoms in total. The molecule has 0 bridgehead atoms. The number of halogens is 2. The fourth-order valence-corrected chi connectivity index (χ4v) is 6.07. The van der Waals surface area contributed by atoms with Crippen LogP contribution in [0.2, 0.25) is 10.0 Å². The van der Waals surface area contributed by atoms with Crippen molar-refractivity contribution in [3.8, 4) is 32.4 Å². The molecule has 34 heavy (non-hydrogen) atoms. The largest absolute Gasteiger partial charge is 0.326 e. The maximum Gasteiger partial charge on any atom is 0.223 e. The molecule has 0 spiro atoms. The molecule has 0 fully saturated rings. The predicted octanol–water partition coefficient (Wildman–Crippen LogP) is 6.80. The molecule has 0 aliphatic carbocycles. The van der Waals surface area contributed by atoms with Gasteiger partial charge in [0.05, 0.1) is 9.75 Å². The molecular formula is C23H16Cl2N6OS2. The number of anilines is 1. The molecule has 4 heterocycles. The van der Waals surface area contributed by atoms with Gasteiger partial charge in [-0.2, -0.15) is 0 Å². The van der Waals surface area contributed by atoms with E-state index in [4.69, 9.17) is 23.2 Å². The lowest BCUT2D eigenvalue weighted by atomic mass is 10.1. The third-order valence-electron chi connectivity index (χ3n) is 4.91. The zero-order valence-corrected chi connectivity index (χ0v) is 20.9. The second-order valence-electron chi connectivity index (χ2n) is 7.25. The zero-order chi connectivity index (χ0) is 23.8. The Hall–Kier alpha value is -3.11. The number of carbonyl (C=O) groups is 1. The number of aromatic nitrogens is 5. The van der Waals surface area contributed by atoms with Gasteiger partial charge in [0.1, 0.15) is 22.4 Å². The Morgan fingerprint density at radius 1 is 1.18 bits per heavy atom. The number of thiophene rings is 1. The molecule has 0 aliphatic heterocycles. The van der Waals surface area contributed by atoms with Crippen LogP contribution in [0.1, 0.15) is 6.92 Å². The minimum absolute atomic E-state index is 0.194. The van der Waals surface area contributed by atoms with Crippen molar-refractivity contribution in [1.82, 2.24) is 24.5 Å². The number of nitrogens with one attached hydrogen (secondary N) is 1. The first kappa shape index (κ1) is 22.7. The maximum absolute atomic E-state index is 11.5. The third-order valence-corrected chi connectivity index (χ3v) is 7.47. The van der Waals surface area contributed by atoms with E-state index in [1.165, 1.54) is 35.9 Å². The van der Waals surface area contributed by atoms with Crippen molar-refractivity contribution in [2.45, 2.75) is 13.5 Å². The van der Waals surface area contributed by atoms with Crippen LogP contribution in [0.15, 0.2) is 55.6 Å². The summed E-state index contributed by atoms with van der Waals surface area (Å²) in [5.74, 6) is 0.598. The highest BCUT2D eigenvalue weighted by Crippen LogP contribution is 2.46. The van der Waals surface area contributed by atoms with Crippen LogP contribution < -0.4 is 5.32 Å². The fraction of sp³-hybridized carbons (Fsp3) is 0.0870. The van der Waals surface area contributed by atoms with E-state index in [1.807, 2.05) is 35.0 Å². The number of benzene rings is 1. The van der Waals surface area contributed by atoms with Crippen LogP contribution >= 0.6 is 45.9 Å². The number of rotatable bonds is 6. The van der Waals surface area contributed by atoms with Crippen LogP contribution in [0, 0.1) is 0 Å². The van der Waals surface area contributed by atoms with Crippen LogP contribution in [0.4, 0.5) is 5.13 Å². The predicted molar refractivity (Wildman–Crippen MR) is 140 cm³/mol. The molecule has 1 aromatic carbocycles. The number of hydrogen-bond donors (Lipinski definition) is 1. The molecule has 4 aromatic heterocycles. The molecule has 0 aliphatic rings. The summed E-state index contributed by atoms with van der Waals surface area (Å²) in [6.07, 6.45) is 6.99. The second kappa shape index (κ2) is 9.27. The van der Waals surface area contributed by atoms with Crippen LogP contribution in [0.25, 0.3) is 42.7 Å². The van der Waals surface area contributed by atoms with Gasteiger partial charge in [-0.05, 0) is 18.2 Å². The number of allylic oxidation sites excluding steroid dienone is 1. The zero-order valence-electron chi connectivity index (χ0n) is 17.7. The van der Waals surface area contributed by atoms with Crippen molar-refractivity contribution >= 4 is 67.3 Å². The summed E-state index contributed by atoms with van der Waals surface area (Å²) in [7, 11) is 0. The van der Waals surface area contributed by atoms with Gasteiger partial charge < -0.3 is 9.88 Å². The standard InChI is InChI=1S/C23H16Cl2N6OS2/c1-3-7-31-8-6-26-21(31)20-15(14-5-4-13(24)9-16(14)25)10-17(33-20)18-19-22(28-11-27-18)34-23(30-19)29-12(2)32/h3-6,8-11H,1,7H2,2H3,(H,29,30,32). The lowest BCUT2D eigenvalue weighted by Crippen LogP contribution is -2.04. The number of nitrogens with zero attached hydrogens (tertiary/aromatic N) is 5. The molecule has 0 radical (unpaired) electrons. The lowest BCUT2D eigenvalue weighted by Gasteiger charge is -2.08. The van der Waals surface area contributed by atoms with Crippen LogP contribution in [-0.4, -0.2) is 30.4 Å². The van der Waals surface area contributed by atoms with Crippen molar-refractivity contribution in [2.24, 2.45) is 0 Å². The number of carbonyl (C=O) groups excluding carboxylic acids is 1. The first-order valence-electron chi connectivity index (χ1n) is 10.1. The van der Waals surface area contributed by atoms with Crippen molar-refractivity contribution in [2.75, 3.05) is 5.32 Å². The first-order chi connectivity index (χ1) is 16.4. The molecule has 0 atom stereocenters. The SMILES string of the molecule is C=CCn1ccnc1-c1sc(-c2ncnc3sc(NC(C)=O)nc23)cc1-c1ccc(Cl)cc1Cl. The van der Waals surface area contributed by atoms with E-state index >= 15 is 0 Å². The molecule has 170 valence electrons. The number of fused-ring (bicyclic) bond motifs is 1. The summed E-state index contributed by atoms with van der Waals surface area (Å²) < 4.78 is 2.02. The Morgan fingerprint density at radius 2 is 2.03 bits per heavy atom. The first-order valence-corrected chi connectivity index (χ1v) is 12.4. The quantitative estimate of drug-likeness (QED) is 0.246. The van der Waals surface area contributed by atoms with Gasteiger partial charge in [-0.3, -0.25) is 4.79 Å². The van der Waals surface area contributed by atoms with Gasteiger partial charge in [-0.1, -0.05) is 46.7 Å². The summed E-state index contributed by atoms with van der Waals surface area (Å²) in [5, 5.41) is 4.29. The molecule has 5 aromatic rings. The topological polar surface area (TPSA) is 85.6 Å². The summed E-state index contributed by atoms with van der Waals surface area (Å²) in [4.78, 5) is 32.0. The lowest BCUT2D eigenvalue weighted by molar-refractivity contribution is -0.114. The van der Waals surface area contributed by atoms with Gasteiger partial charge in [-0.25, -0.2) is 19.9 Å². The van der Waals surface area contributed by atoms with E-state index in [2.05, 4.69) is 31.8 Å². The van der Waals surface area contributed by atoms with E-state index in [9.17, 15) is 4.79 Å². The molecular weight excluding hydrogens is 511 g/mol. The van der Waals surface area contributed by atoms with Crippen molar-refractivity contribution in [1.29, 1.82) is 0 Å². The summed E-state index contributed by atoms with van der Waals surface area (Å²) in [6, 6.07) is 7.46. The highest BCUT2D eigenvalue weighted by Gasteiger charge is 2.22. The molecule has 1 N–H and O–H groups in total. The maximum atomic E-state index is 11.5. The number of amides is 1. The molecule has 11 heteroatoms. The number of imidazole rings is 1. The molecule has 0 unspecified atom stereocenters. The third kappa shape index (κ3) is 4.23. The summed E-state index contributed by atoms with van der Waals surface area (Å²) >= 11 is 15.6. The normalized spacial score (nSPS) is 11.1. The van der Waals surface area contributed by atoms with Crippen LogP contribution in [0.5, 0.6) is 0 Å². The molecule has 0 saturated carbocycles. The fourth-order valence-electron chi connectivity index (χ4n) is 3.52. The van der Waals surface area contributed by atoms with Crippen molar-refractivity contribution in [3.05, 3.63) is 65.7 Å². The van der Waals surface area contributed by atoms with Gasteiger partial charge in [0.15, 0.2) is 11.0 Å². The molecule has 5 rings (SSSR count). The smallest absolute Gasteiger partial charge is 0.223 e. The summed E-state index contributed by atoms with van der Waals surface area (Å²) in [6.45, 7) is 5.90. The van der Waals surface area contributed by atoms with Gasteiger partial charge in [0.25, 0.3) is 0 Å². The highest BCUT2D eigenvalue weighted by atomic mass is 35.5. The summed E-state index contributed by atoms with van der Waals surface area (Å²) in [5.41, 5.74) is 3.02. The van der Waals surface area contributed by atoms with E-state index in [0.717, 1.165) is 26.7 Å². The Kier molecular flexibility index (Phi) is 6.18. The highest BCUT2D eigenvalue weighted by molar-refractivity contribution is 7.22. The average Bonchev–Trinajstić information content (AvgIpc) is 3.51. The van der Waals surface area contributed by atoms with E-state index in [1.54, 1.807) is 12.3 Å².